The van der Waals surface area contributed by atoms with Crippen molar-refractivity contribution in [1.82, 2.24) is 0 Å². The molecule has 0 spiro atoms. The van der Waals surface area contributed by atoms with Crippen molar-refractivity contribution >= 4 is 49.1 Å². The van der Waals surface area contributed by atoms with Crippen LogP contribution >= 0.6 is 31.9 Å². The summed E-state index contributed by atoms with van der Waals surface area (Å²) in [6.07, 6.45) is 0. The van der Waals surface area contributed by atoms with Gasteiger partial charge in [-0.1, -0.05) is 15.9 Å². The van der Waals surface area contributed by atoms with Crippen molar-refractivity contribution in [1.29, 1.82) is 0 Å². The van der Waals surface area contributed by atoms with Crippen molar-refractivity contribution in [3.05, 3.63) is 56.0 Å². The molecule has 1 amide bonds. The summed E-state index contributed by atoms with van der Waals surface area (Å²) in [6, 6.07) is 9.14. The number of benzene rings is 2. The average molecular weight is 398 g/mol. The van der Waals surface area contributed by atoms with Gasteiger partial charge in [0, 0.05) is 20.3 Å². The molecule has 3 nitrogen and oxygen atoms in total. The van der Waals surface area contributed by atoms with Gasteiger partial charge < -0.3 is 11.1 Å². The average Bonchev–Trinajstić information content (AvgIpc) is 2.33. The number of rotatable bonds is 2. The van der Waals surface area contributed by atoms with Crippen LogP contribution in [0, 0.1) is 13.8 Å². The van der Waals surface area contributed by atoms with Crippen LogP contribution in [0.3, 0.4) is 0 Å². The monoisotopic (exact) mass is 396 g/mol. The van der Waals surface area contributed by atoms with E-state index in [0.29, 0.717) is 11.3 Å². The van der Waals surface area contributed by atoms with E-state index in [9.17, 15) is 4.79 Å². The predicted octanol–water partition coefficient (Wildman–Crippen LogP) is 4.66. The highest BCUT2D eigenvalue weighted by molar-refractivity contribution is 9.11. The third kappa shape index (κ3) is 3.22. The molecule has 5 heteroatoms. The van der Waals surface area contributed by atoms with Gasteiger partial charge in [0.2, 0.25) is 0 Å². The number of amides is 1. The predicted molar refractivity (Wildman–Crippen MR) is 90.1 cm³/mol. The summed E-state index contributed by atoms with van der Waals surface area (Å²) in [4.78, 5) is 12.3. The van der Waals surface area contributed by atoms with Crippen LogP contribution in [0.5, 0.6) is 0 Å². The first kappa shape index (κ1) is 15.1. The van der Waals surface area contributed by atoms with Crippen molar-refractivity contribution in [2.75, 3.05) is 11.1 Å². The Labute approximate surface area is 134 Å². The minimum atomic E-state index is -0.152. The summed E-state index contributed by atoms with van der Waals surface area (Å²) >= 11 is 6.77. The van der Waals surface area contributed by atoms with Crippen LogP contribution in [-0.4, -0.2) is 5.91 Å². The first-order valence-corrected chi connectivity index (χ1v) is 7.60. The molecule has 0 saturated heterocycles. The lowest BCUT2D eigenvalue weighted by Gasteiger charge is -2.13. The number of hydrogen-bond acceptors (Lipinski definition) is 2. The van der Waals surface area contributed by atoms with Gasteiger partial charge in [0.05, 0.1) is 5.56 Å². The maximum Gasteiger partial charge on any atom is 0.256 e. The SMILES string of the molecule is Cc1cc(N)cc(C)c1NC(=O)c1ccc(Br)cc1Br. The van der Waals surface area contributed by atoms with Crippen LogP contribution < -0.4 is 11.1 Å². The highest BCUT2D eigenvalue weighted by Crippen LogP contribution is 2.26. The van der Waals surface area contributed by atoms with Crippen molar-refractivity contribution in [3.63, 3.8) is 0 Å². The Kier molecular flexibility index (Phi) is 4.50. The van der Waals surface area contributed by atoms with E-state index in [1.165, 1.54) is 0 Å². The number of halogens is 2. The van der Waals surface area contributed by atoms with Gasteiger partial charge in [-0.15, -0.1) is 0 Å². The van der Waals surface area contributed by atoms with Crippen LogP contribution in [0.25, 0.3) is 0 Å². The highest BCUT2D eigenvalue weighted by Gasteiger charge is 2.13. The van der Waals surface area contributed by atoms with Gasteiger partial charge in [0.1, 0.15) is 0 Å². The van der Waals surface area contributed by atoms with E-state index in [0.717, 1.165) is 25.8 Å². The topological polar surface area (TPSA) is 55.1 Å². The first-order chi connectivity index (χ1) is 9.38. The van der Waals surface area contributed by atoms with E-state index < -0.39 is 0 Å². The third-order valence-electron chi connectivity index (χ3n) is 2.97. The van der Waals surface area contributed by atoms with E-state index >= 15 is 0 Å². The van der Waals surface area contributed by atoms with Crippen LogP contribution in [0.2, 0.25) is 0 Å². The molecular formula is C15H14Br2N2O. The molecule has 20 heavy (non-hydrogen) atoms. The molecule has 0 aromatic heterocycles. The largest absolute Gasteiger partial charge is 0.399 e. The van der Waals surface area contributed by atoms with Gasteiger partial charge in [-0.25, -0.2) is 0 Å². The molecule has 0 aliphatic carbocycles. The summed E-state index contributed by atoms with van der Waals surface area (Å²) < 4.78 is 1.66. The quantitative estimate of drug-likeness (QED) is 0.723. The molecule has 0 aliphatic heterocycles. The van der Waals surface area contributed by atoms with Crippen molar-refractivity contribution in [2.24, 2.45) is 0 Å². The zero-order chi connectivity index (χ0) is 14.9. The van der Waals surface area contributed by atoms with Gasteiger partial charge in [-0.2, -0.15) is 0 Å². The molecule has 0 bridgehead atoms. The number of nitrogen functional groups attached to an aromatic ring is 1. The number of carbonyl (C=O) groups excluding carboxylic acids is 1. The summed E-state index contributed by atoms with van der Waals surface area (Å²) in [6.45, 7) is 3.85. The number of carbonyl (C=O) groups is 1. The number of nitrogens with one attached hydrogen (secondary N) is 1. The highest BCUT2D eigenvalue weighted by atomic mass is 79.9. The number of aryl methyl sites for hydroxylation is 2. The van der Waals surface area contributed by atoms with Crippen molar-refractivity contribution in [3.8, 4) is 0 Å². The Bertz CT molecular complexity index is 661. The lowest BCUT2D eigenvalue weighted by molar-refractivity contribution is 0.102. The molecule has 0 radical (unpaired) electrons. The maximum absolute atomic E-state index is 12.3. The Morgan fingerprint density at radius 2 is 1.70 bits per heavy atom. The molecule has 2 rings (SSSR count). The summed E-state index contributed by atoms with van der Waals surface area (Å²) in [5, 5.41) is 2.94. The molecule has 2 aromatic carbocycles. The second kappa shape index (κ2) is 5.97. The van der Waals surface area contributed by atoms with Gasteiger partial charge in [-0.05, 0) is 71.2 Å². The van der Waals surface area contributed by atoms with Gasteiger partial charge >= 0.3 is 0 Å². The zero-order valence-electron chi connectivity index (χ0n) is 11.1. The fourth-order valence-corrected chi connectivity index (χ4v) is 3.28. The minimum absolute atomic E-state index is 0.152. The molecule has 2 aromatic rings. The van der Waals surface area contributed by atoms with Crippen LogP contribution in [0.1, 0.15) is 21.5 Å². The molecule has 0 aliphatic rings. The van der Waals surface area contributed by atoms with Crippen LogP contribution in [0.15, 0.2) is 39.3 Å². The number of hydrogen-bond donors (Lipinski definition) is 2. The lowest BCUT2D eigenvalue weighted by Crippen LogP contribution is -2.14. The first-order valence-electron chi connectivity index (χ1n) is 6.01. The van der Waals surface area contributed by atoms with Gasteiger partial charge in [-0.3, -0.25) is 4.79 Å². The summed E-state index contributed by atoms with van der Waals surface area (Å²) in [5.41, 5.74) is 9.77. The number of anilines is 2. The molecule has 0 saturated carbocycles. The normalized spacial score (nSPS) is 10.4. The van der Waals surface area contributed by atoms with Crippen molar-refractivity contribution < 1.29 is 4.79 Å². The molecule has 0 heterocycles. The van der Waals surface area contributed by atoms with E-state index in [4.69, 9.17) is 5.73 Å². The fraction of sp³-hybridized carbons (Fsp3) is 0.133. The summed E-state index contributed by atoms with van der Waals surface area (Å²) in [7, 11) is 0. The lowest BCUT2D eigenvalue weighted by atomic mass is 10.1. The van der Waals surface area contributed by atoms with Gasteiger partial charge in [0.25, 0.3) is 5.91 Å². The van der Waals surface area contributed by atoms with Crippen molar-refractivity contribution in [2.45, 2.75) is 13.8 Å². The van der Waals surface area contributed by atoms with E-state index in [1.807, 2.05) is 38.1 Å². The molecule has 0 fully saturated rings. The third-order valence-corrected chi connectivity index (χ3v) is 4.12. The van der Waals surface area contributed by atoms with E-state index in [1.54, 1.807) is 6.07 Å². The standard InChI is InChI=1S/C15H14Br2N2O/c1-8-5-11(18)6-9(2)14(8)19-15(20)12-4-3-10(16)7-13(12)17/h3-7H,18H2,1-2H3,(H,19,20). The maximum atomic E-state index is 12.3. The molecule has 3 N–H and O–H groups in total. The minimum Gasteiger partial charge on any atom is -0.399 e. The smallest absolute Gasteiger partial charge is 0.256 e. The fourth-order valence-electron chi connectivity index (χ4n) is 2.05. The molecule has 104 valence electrons. The van der Waals surface area contributed by atoms with E-state index in [2.05, 4.69) is 37.2 Å². The van der Waals surface area contributed by atoms with E-state index in [-0.39, 0.29) is 5.91 Å². The Morgan fingerprint density at radius 3 is 2.25 bits per heavy atom. The van der Waals surface area contributed by atoms with Crippen LogP contribution in [0.4, 0.5) is 11.4 Å². The van der Waals surface area contributed by atoms with Crippen LogP contribution in [-0.2, 0) is 0 Å². The zero-order valence-corrected chi connectivity index (χ0v) is 14.3. The Balaban J connectivity index is 2.33. The summed E-state index contributed by atoms with van der Waals surface area (Å²) in [5.74, 6) is -0.152. The van der Waals surface area contributed by atoms with Gasteiger partial charge in [0.15, 0.2) is 0 Å². The molecule has 0 atom stereocenters. The Hall–Kier alpha value is -1.33. The second-order valence-electron chi connectivity index (χ2n) is 4.61. The number of nitrogens with two attached hydrogens (primary N) is 1. The second-order valence-corrected chi connectivity index (χ2v) is 6.38. The molecule has 0 unspecified atom stereocenters. The molecular weight excluding hydrogens is 384 g/mol. The Morgan fingerprint density at radius 1 is 1.10 bits per heavy atom.